The van der Waals surface area contributed by atoms with E-state index in [0.29, 0.717) is 6.79 Å². The van der Waals surface area contributed by atoms with Gasteiger partial charge >= 0.3 is 23.1 Å². The van der Waals surface area contributed by atoms with E-state index in [1.54, 1.807) is 0 Å². The van der Waals surface area contributed by atoms with Gasteiger partial charge in [0, 0.05) is 13.2 Å². The molecule has 0 radical (unpaired) electrons. The quantitative estimate of drug-likeness (QED) is 0.220. The molecule has 0 rings (SSSR count). The normalized spacial score (nSPS) is 11.5. The van der Waals surface area contributed by atoms with Crippen LogP contribution in [0.4, 0.5) is 0 Å². The number of ether oxygens (including phenoxy) is 2. The maximum atomic E-state index is 5.44. The van der Waals surface area contributed by atoms with Crippen LogP contribution in [0, 0.1) is 12.3 Å². The summed E-state index contributed by atoms with van der Waals surface area (Å²) in [5, 5.41) is 0. The molecule has 0 N–H and O–H groups in total. The molecule has 2 nitrogen and oxygen atoms in total. The molecule has 0 fully saturated rings. The third-order valence-electron chi connectivity index (χ3n) is 2.93. The molecular formula is C15H31ClMgO2. The Bertz CT molecular complexity index is 148. The fourth-order valence-electron chi connectivity index (χ4n) is 1.86. The van der Waals surface area contributed by atoms with Crippen LogP contribution in [0.15, 0.2) is 0 Å². The smallest absolute Gasteiger partial charge is 1.00 e. The Morgan fingerprint density at radius 1 is 1.00 bits per heavy atom. The van der Waals surface area contributed by atoms with Crippen LogP contribution in [0.25, 0.3) is 0 Å². The Labute approximate surface area is 142 Å². The molecule has 0 aromatic carbocycles. The third kappa shape index (κ3) is 21.4. The molecule has 0 saturated heterocycles. The second-order valence-corrected chi connectivity index (χ2v) is 4.89. The van der Waals surface area contributed by atoms with Crippen LogP contribution in [-0.4, -0.2) is 43.1 Å². The summed E-state index contributed by atoms with van der Waals surface area (Å²) in [6.07, 6.45) is 10.9. The van der Waals surface area contributed by atoms with E-state index < -0.39 is 0 Å². The van der Waals surface area contributed by atoms with Crippen LogP contribution in [0.2, 0.25) is 0 Å². The molecule has 1 unspecified atom stereocenters. The van der Waals surface area contributed by atoms with Crippen molar-refractivity contribution in [3.05, 3.63) is 6.42 Å². The summed E-state index contributed by atoms with van der Waals surface area (Å²) < 4.78 is 10.8. The summed E-state index contributed by atoms with van der Waals surface area (Å²) >= 11 is 0. The summed E-state index contributed by atoms with van der Waals surface area (Å²) in [6, 6.07) is 0. The van der Waals surface area contributed by atoms with Crippen molar-refractivity contribution >= 4 is 23.1 Å². The van der Waals surface area contributed by atoms with Crippen molar-refractivity contribution in [3.63, 3.8) is 0 Å². The molecule has 112 valence electrons. The van der Waals surface area contributed by atoms with Gasteiger partial charge in [-0.2, -0.15) is 13.3 Å². The van der Waals surface area contributed by atoms with Crippen molar-refractivity contribution in [1.29, 1.82) is 0 Å². The van der Waals surface area contributed by atoms with Gasteiger partial charge in [-0.1, -0.05) is 45.4 Å². The molecule has 1 atom stereocenters. The van der Waals surface area contributed by atoms with E-state index >= 15 is 0 Å². The molecule has 4 heteroatoms. The van der Waals surface area contributed by atoms with Gasteiger partial charge in [-0.05, 0) is 12.8 Å². The summed E-state index contributed by atoms with van der Waals surface area (Å²) in [7, 11) is 0. The van der Waals surface area contributed by atoms with Crippen molar-refractivity contribution in [3.8, 4) is 0 Å². The first kappa shape index (κ1) is 25.0. The predicted molar refractivity (Wildman–Crippen MR) is 79.7 cm³/mol. The van der Waals surface area contributed by atoms with E-state index in [1.165, 1.54) is 38.5 Å². The standard InChI is InChI=1S/C15H31O2.ClH.Mg/c1-4-6-7-8-12-16-14-17-13-9-11-15(3)10-5-2;;/h5,15H,4,6-14H2,1-3H3;1H;/q-1;;+2/p-1. The minimum Gasteiger partial charge on any atom is -1.00 e. The Balaban J connectivity index is -0.00000128. The molecule has 0 saturated carbocycles. The van der Waals surface area contributed by atoms with Gasteiger partial charge in [0.15, 0.2) is 0 Å². The number of hydrogen-bond acceptors (Lipinski definition) is 2. The van der Waals surface area contributed by atoms with Crippen LogP contribution >= 0.6 is 0 Å². The zero-order chi connectivity index (χ0) is 12.8. The van der Waals surface area contributed by atoms with Gasteiger partial charge in [-0.3, -0.25) is 0 Å². The second kappa shape index (κ2) is 21.3. The molecule has 0 aromatic heterocycles. The molecule has 0 spiro atoms. The molecule has 0 aliphatic heterocycles. The van der Waals surface area contributed by atoms with Crippen LogP contribution in [0.1, 0.15) is 65.7 Å². The van der Waals surface area contributed by atoms with Crippen molar-refractivity contribution in [2.75, 3.05) is 20.0 Å². The van der Waals surface area contributed by atoms with Crippen LogP contribution < -0.4 is 12.4 Å². The Morgan fingerprint density at radius 3 is 2.21 bits per heavy atom. The maximum absolute atomic E-state index is 5.44. The monoisotopic (exact) mass is 302 g/mol. The van der Waals surface area contributed by atoms with E-state index in [1.807, 2.05) is 0 Å². The van der Waals surface area contributed by atoms with Gasteiger partial charge < -0.3 is 28.3 Å². The van der Waals surface area contributed by atoms with Crippen LogP contribution in [0.3, 0.4) is 0 Å². The summed E-state index contributed by atoms with van der Waals surface area (Å²) in [5.41, 5.74) is 0. The molecule has 19 heavy (non-hydrogen) atoms. The van der Waals surface area contributed by atoms with Gasteiger partial charge in [-0.25, -0.2) is 0 Å². The van der Waals surface area contributed by atoms with Gasteiger partial charge in [-0.15, -0.1) is 0 Å². The molecule has 0 aliphatic carbocycles. The Morgan fingerprint density at radius 2 is 1.63 bits per heavy atom. The number of unbranched alkanes of at least 4 members (excludes halogenated alkanes) is 3. The van der Waals surface area contributed by atoms with Gasteiger partial charge in [0.1, 0.15) is 6.79 Å². The average molecular weight is 303 g/mol. The molecule has 0 aliphatic rings. The van der Waals surface area contributed by atoms with Gasteiger partial charge in [0.2, 0.25) is 0 Å². The fourth-order valence-corrected chi connectivity index (χ4v) is 1.86. The summed E-state index contributed by atoms with van der Waals surface area (Å²) in [6.45, 7) is 8.80. The first-order valence-electron chi connectivity index (χ1n) is 7.24. The SMILES string of the molecule is C[CH-]CC(C)CCCOCOCCCCCC.[Cl-].[Mg+2]. The zero-order valence-corrected chi connectivity index (χ0v) is 15.3. The van der Waals surface area contributed by atoms with E-state index in [2.05, 4.69) is 27.2 Å². The number of hydrogen-bond donors (Lipinski definition) is 0. The van der Waals surface area contributed by atoms with Crippen molar-refractivity contribution in [1.82, 2.24) is 0 Å². The Kier molecular flexibility index (Phi) is 28.0. The van der Waals surface area contributed by atoms with E-state index in [4.69, 9.17) is 9.47 Å². The van der Waals surface area contributed by atoms with Gasteiger partial charge in [0.25, 0.3) is 0 Å². The molecular weight excluding hydrogens is 272 g/mol. The minimum absolute atomic E-state index is 0. The average Bonchev–Trinajstić information content (AvgIpc) is 2.32. The second-order valence-electron chi connectivity index (χ2n) is 4.89. The zero-order valence-electron chi connectivity index (χ0n) is 13.1. The van der Waals surface area contributed by atoms with E-state index in [9.17, 15) is 0 Å². The first-order chi connectivity index (χ1) is 8.31. The largest absolute Gasteiger partial charge is 2.00 e. The van der Waals surface area contributed by atoms with Crippen LogP contribution in [0.5, 0.6) is 0 Å². The topological polar surface area (TPSA) is 18.5 Å². The number of halogens is 1. The third-order valence-corrected chi connectivity index (χ3v) is 2.93. The minimum atomic E-state index is 0. The molecule has 0 amide bonds. The fraction of sp³-hybridized carbons (Fsp3) is 0.933. The van der Waals surface area contributed by atoms with Gasteiger partial charge in [0.05, 0.1) is 0 Å². The predicted octanol–water partition coefficient (Wildman–Crippen LogP) is 1.21. The Hall–Kier alpha value is 0.976. The molecule has 0 aromatic rings. The van der Waals surface area contributed by atoms with Crippen LogP contribution in [-0.2, 0) is 9.47 Å². The van der Waals surface area contributed by atoms with E-state index in [-0.39, 0.29) is 35.5 Å². The summed E-state index contributed by atoms with van der Waals surface area (Å²) in [4.78, 5) is 0. The maximum Gasteiger partial charge on any atom is 2.00 e. The van der Waals surface area contributed by atoms with E-state index in [0.717, 1.165) is 25.6 Å². The summed E-state index contributed by atoms with van der Waals surface area (Å²) in [5.74, 6) is 0.790. The molecule has 0 bridgehead atoms. The van der Waals surface area contributed by atoms with Crippen molar-refractivity contribution in [2.45, 2.75) is 65.7 Å². The number of rotatable bonds is 13. The molecule has 0 heterocycles. The van der Waals surface area contributed by atoms with Crippen molar-refractivity contribution in [2.24, 2.45) is 5.92 Å². The first-order valence-corrected chi connectivity index (χ1v) is 7.24. The van der Waals surface area contributed by atoms with Crippen molar-refractivity contribution < 1.29 is 21.9 Å².